The normalized spacial score (nSPS) is 12.0. The smallest absolute Gasteiger partial charge is 0.137 e. The van der Waals surface area contributed by atoms with E-state index in [2.05, 4.69) is 26.6 Å². The zero-order chi connectivity index (χ0) is 31.3. The summed E-state index contributed by atoms with van der Waals surface area (Å²) in [5.41, 5.74) is 2.73. The second-order valence-corrected chi connectivity index (χ2v) is 12.3. The molecule has 1 atom stereocenters. The SMILES string of the molecule is C=CCOC(Cn1ccnc1)c1ccc(Cl)cc1Cl.Clc1ccc(CS/C(Cn2cncn2)=N\c2ccc(Cl)cc2Cl)cc1. The maximum atomic E-state index is 6.24. The Balaban J connectivity index is 0.000000209. The zero-order valence-electron chi connectivity index (χ0n) is 23.2. The maximum Gasteiger partial charge on any atom is 0.137 e. The van der Waals surface area contributed by atoms with Crippen LogP contribution in [-0.2, 0) is 23.6 Å². The molecule has 2 aromatic heterocycles. The topological polar surface area (TPSA) is 70.1 Å². The maximum absolute atomic E-state index is 6.24. The average Bonchev–Trinajstić information content (AvgIpc) is 3.71. The van der Waals surface area contributed by atoms with E-state index in [4.69, 9.17) is 62.7 Å². The Hall–Kier alpha value is -2.82. The Bertz CT molecular complexity index is 1650. The first-order valence-electron chi connectivity index (χ1n) is 13.2. The summed E-state index contributed by atoms with van der Waals surface area (Å²) in [7, 11) is 0. The lowest BCUT2D eigenvalue weighted by Crippen LogP contribution is -2.12. The third-order valence-electron chi connectivity index (χ3n) is 5.90. The van der Waals surface area contributed by atoms with Crippen molar-refractivity contribution in [3.63, 3.8) is 0 Å². The number of hydrogen-bond acceptors (Lipinski definition) is 6. The van der Waals surface area contributed by atoms with Gasteiger partial charge in [-0.2, -0.15) is 5.10 Å². The highest BCUT2D eigenvalue weighted by Crippen LogP contribution is 2.31. The summed E-state index contributed by atoms with van der Waals surface area (Å²) in [4.78, 5) is 12.7. The van der Waals surface area contributed by atoms with Crippen LogP contribution in [0.3, 0.4) is 0 Å². The first-order valence-corrected chi connectivity index (χ1v) is 16.0. The lowest BCUT2D eigenvalue weighted by atomic mass is 10.1. The molecular formula is C31H27Cl5N6OS. The summed E-state index contributed by atoms with van der Waals surface area (Å²) in [6.07, 6.45) is 10.1. The van der Waals surface area contributed by atoms with Crippen molar-refractivity contribution in [3.8, 4) is 0 Å². The molecule has 0 N–H and O–H groups in total. The molecule has 0 saturated heterocycles. The van der Waals surface area contributed by atoms with Gasteiger partial charge in [-0.3, -0.25) is 0 Å². The van der Waals surface area contributed by atoms with E-state index in [1.165, 1.54) is 6.33 Å². The van der Waals surface area contributed by atoms with E-state index in [1.54, 1.807) is 71.7 Å². The number of hydrogen-bond donors (Lipinski definition) is 0. The van der Waals surface area contributed by atoms with Gasteiger partial charge in [0.05, 0.1) is 41.8 Å². The predicted octanol–water partition coefficient (Wildman–Crippen LogP) is 10.0. The van der Waals surface area contributed by atoms with Gasteiger partial charge < -0.3 is 9.30 Å². The van der Waals surface area contributed by atoms with Crippen molar-refractivity contribution in [2.45, 2.75) is 24.9 Å². The van der Waals surface area contributed by atoms with Crippen molar-refractivity contribution in [1.29, 1.82) is 0 Å². The zero-order valence-corrected chi connectivity index (χ0v) is 27.8. The number of aliphatic imine (C=N–C) groups is 1. The molecule has 2 heterocycles. The highest BCUT2D eigenvalue weighted by Gasteiger charge is 2.16. The molecule has 5 rings (SSSR count). The van der Waals surface area contributed by atoms with Gasteiger partial charge >= 0.3 is 0 Å². The monoisotopic (exact) mass is 706 g/mol. The van der Waals surface area contributed by atoms with E-state index in [9.17, 15) is 0 Å². The van der Waals surface area contributed by atoms with Crippen LogP contribution in [0.25, 0.3) is 0 Å². The number of ether oxygens (including phenoxy) is 1. The molecule has 1 unspecified atom stereocenters. The Morgan fingerprint density at radius 3 is 2.27 bits per heavy atom. The molecule has 0 radical (unpaired) electrons. The average molecular weight is 709 g/mol. The van der Waals surface area contributed by atoms with Crippen LogP contribution in [0.5, 0.6) is 0 Å². The summed E-state index contributed by atoms with van der Waals surface area (Å²) in [5.74, 6) is 0.760. The van der Waals surface area contributed by atoms with Gasteiger partial charge in [-0.15, -0.1) is 18.3 Å². The van der Waals surface area contributed by atoms with Crippen molar-refractivity contribution in [2.24, 2.45) is 4.99 Å². The van der Waals surface area contributed by atoms with E-state index in [0.29, 0.717) is 45.5 Å². The van der Waals surface area contributed by atoms with Gasteiger partial charge in [0.2, 0.25) is 0 Å². The van der Waals surface area contributed by atoms with Gasteiger partial charge in [-0.25, -0.2) is 19.6 Å². The fourth-order valence-electron chi connectivity index (χ4n) is 3.79. The molecule has 0 saturated carbocycles. The molecule has 3 aromatic carbocycles. The summed E-state index contributed by atoms with van der Waals surface area (Å²) in [6, 6.07) is 18.4. The second-order valence-electron chi connectivity index (χ2n) is 9.15. The quantitative estimate of drug-likeness (QED) is 0.0776. The number of halogens is 5. The van der Waals surface area contributed by atoms with Gasteiger partial charge in [0.1, 0.15) is 18.8 Å². The molecule has 228 valence electrons. The fraction of sp³-hybridized carbons (Fsp3) is 0.161. The van der Waals surface area contributed by atoms with Crippen LogP contribution in [0.1, 0.15) is 17.2 Å². The van der Waals surface area contributed by atoms with Crippen molar-refractivity contribution in [1.82, 2.24) is 24.3 Å². The molecule has 0 aliphatic carbocycles. The van der Waals surface area contributed by atoms with Gasteiger partial charge in [-0.1, -0.05) is 82.3 Å². The standard InChI is InChI=1S/C17H13Cl3N4S.C14H14Cl2N2O/c18-13-3-1-12(2-4-13)9-25-17(8-24-11-21-10-22-24)23-16-6-5-14(19)7-15(16)20;1-2-7-19-14(9-18-6-5-17-10-18)12-4-3-11(15)8-13(12)16/h1-7,10-11H,8-9H2;2-6,8,10,14H,1,7,9H2/b23-17-;. The second kappa shape index (κ2) is 17.6. The van der Waals surface area contributed by atoms with Crippen LogP contribution >= 0.6 is 69.8 Å². The highest BCUT2D eigenvalue weighted by atomic mass is 35.5. The molecule has 0 aliphatic rings. The summed E-state index contributed by atoms with van der Waals surface area (Å²) >= 11 is 31.9. The van der Waals surface area contributed by atoms with Crippen LogP contribution in [0, 0.1) is 0 Å². The van der Waals surface area contributed by atoms with E-state index >= 15 is 0 Å². The first-order chi connectivity index (χ1) is 21.3. The molecule has 44 heavy (non-hydrogen) atoms. The molecule has 0 bridgehead atoms. The number of thioether (sulfide) groups is 1. The minimum absolute atomic E-state index is 0.169. The molecule has 13 heteroatoms. The molecule has 5 aromatic rings. The van der Waals surface area contributed by atoms with Crippen molar-refractivity contribution >= 4 is 80.5 Å². The highest BCUT2D eigenvalue weighted by molar-refractivity contribution is 8.13. The van der Waals surface area contributed by atoms with Crippen LogP contribution in [0.2, 0.25) is 25.1 Å². The summed E-state index contributed by atoms with van der Waals surface area (Å²) < 4.78 is 9.44. The lowest BCUT2D eigenvalue weighted by molar-refractivity contribution is 0.0608. The molecule has 0 aliphatic heterocycles. The molecule has 7 nitrogen and oxygen atoms in total. The third kappa shape index (κ3) is 11.0. The van der Waals surface area contributed by atoms with Gasteiger partial charge in [0.15, 0.2) is 0 Å². The van der Waals surface area contributed by atoms with Crippen molar-refractivity contribution in [3.05, 3.63) is 141 Å². The van der Waals surface area contributed by atoms with Gasteiger partial charge in [0, 0.05) is 43.8 Å². The largest absolute Gasteiger partial charge is 0.368 e. The molecule has 0 spiro atoms. The first kappa shape index (κ1) is 34.1. The fourth-order valence-corrected chi connectivity index (χ4v) is 5.81. The predicted molar refractivity (Wildman–Crippen MR) is 184 cm³/mol. The van der Waals surface area contributed by atoms with Gasteiger partial charge in [-0.05, 0) is 48.0 Å². The van der Waals surface area contributed by atoms with Crippen LogP contribution in [0.4, 0.5) is 5.69 Å². The number of rotatable bonds is 11. The number of nitrogens with zero attached hydrogens (tertiary/aromatic N) is 6. The van der Waals surface area contributed by atoms with E-state index in [0.717, 1.165) is 26.9 Å². The van der Waals surface area contributed by atoms with E-state index in [-0.39, 0.29) is 6.10 Å². The Morgan fingerprint density at radius 2 is 1.64 bits per heavy atom. The van der Waals surface area contributed by atoms with Crippen LogP contribution in [0.15, 0.2) is 110 Å². The van der Waals surface area contributed by atoms with E-state index in [1.807, 2.05) is 41.1 Å². The lowest BCUT2D eigenvalue weighted by Gasteiger charge is -2.19. The van der Waals surface area contributed by atoms with Crippen LogP contribution < -0.4 is 0 Å². The van der Waals surface area contributed by atoms with Crippen molar-refractivity contribution in [2.75, 3.05) is 6.61 Å². The number of imidazole rings is 1. The summed E-state index contributed by atoms with van der Waals surface area (Å²) in [5, 5.41) is 8.02. The Kier molecular flexibility index (Phi) is 13.6. The Labute approximate surface area is 285 Å². The molecular weight excluding hydrogens is 682 g/mol. The number of aromatic nitrogens is 5. The van der Waals surface area contributed by atoms with Crippen LogP contribution in [-0.4, -0.2) is 36.0 Å². The molecule has 0 amide bonds. The minimum Gasteiger partial charge on any atom is -0.368 e. The Morgan fingerprint density at radius 1 is 0.909 bits per heavy atom. The van der Waals surface area contributed by atoms with Gasteiger partial charge in [0.25, 0.3) is 0 Å². The summed E-state index contributed by atoms with van der Waals surface area (Å²) in [6.45, 7) is 5.26. The minimum atomic E-state index is -0.169. The third-order valence-corrected chi connectivity index (χ3v) is 8.28. The van der Waals surface area contributed by atoms with Crippen molar-refractivity contribution < 1.29 is 4.74 Å². The van der Waals surface area contributed by atoms with E-state index < -0.39 is 0 Å². The number of benzene rings is 3. The molecule has 0 fully saturated rings.